The molecule has 4 N–H and O–H groups in total. The summed E-state index contributed by atoms with van der Waals surface area (Å²) in [5.74, 6) is -1.15. The Morgan fingerprint density at radius 3 is 2.03 bits per heavy atom. The lowest BCUT2D eigenvalue weighted by Gasteiger charge is -2.11. The predicted molar refractivity (Wildman–Crippen MR) is 128 cm³/mol. The van der Waals surface area contributed by atoms with Crippen molar-refractivity contribution in [2.45, 2.75) is 6.92 Å². The van der Waals surface area contributed by atoms with Crippen LogP contribution in [0.25, 0.3) is 0 Å². The topological polar surface area (TPSA) is 99.3 Å². The lowest BCUT2D eigenvalue weighted by atomic mass is 10.1. The highest BCUT2D eigenvalue weighted by Gasteiger charge is 2.11. The number of hydrogen-bond donors (Lipinski definition) is 4. The molecule has 7 nitrogen and oxygen atoms in total. The summed E-state index contributed by atoms with van der Waals surface area (Å²) < 4.78 is 0. The summed E-state index contributed by atoms with van der Waals surface area (Å²) in [6, 6.07) is 19.9. The monoisotopic (exact) mass is 466 g/mol. The minimum absolute atomic E-state index is 0.0691. The van der Waals surface area contributed by atoms with Crippen molar-refractivity contribution in [1.29, 1.82) is 0 Å². The summed E-state index contributed by atoms with van der Waals surface area (Å²) in [6.45, 7) is 1.91. The van der Waals surface area contributed by atoms with Gasteiger partial charge in [-0.2, -0.15) is 0 Å². The van der Waals surface area contributed by atoms with E-state index in [1.807, 2.05) is 19.1 Å². The molecule has 3 amide bonds. The van der Waals surface area contributed by atoms with Gasteiger partial charge in [0.2, 0.25) is 0 Å². The average molecular weight is 467 g/mol. The molecule has 0 atom stereocenters. The Morgan fingerprint density at radius 1 is 0.750 bits per heavy atom. The number of hydrazine groups is 1. The van der Waals surface area contributed by atoms with Crippen molar-refractivity contribution in [3.8, 4) is 0 Å². The van der Waals surface area contributed by atoms with Crippen molar-refractivity contribution < 1.29 is 14.4 Å². The minimum Gasteiger partial charge on any atom is -0.322 e. The molecule has 0 aliphatic heterocycles. The van der Waals surface area contributed by atoms with Gasteiger partial charge in [-0.05, 0) is 79.8 Å². The number of carbonyl (C=O) groups is 3. The molecule has 0 bridgehead atoms. The second kappa shape index (κ2) is 10.5. The fraction of sp³-hybridized carbons (Fsp3) is 0.0435. The third kappa shape index (κ3) is 6.37. The summed E-state index contributed by atoms with van der Waals surface area (Å²) in [4.78, 5) is 36.7. The first-order valence-corrected chi connectivity index (χ1v) is 10.3. The molecule has 0 aliphatic rings. The van der Waals surface area contributed by atoms with E-state index in [-0.39, 0.29) is 11.0 Å². The van der Waals surface area contributed by atoms with Crippen molar-refractivity contribution in [2.75, 3.05) is 5.32 Å². The summed E-state index contributed by atoms with van der Waals surface area (Å²) in [7, 11) is 0. The maximum absolute atomic E-state index is 12.3. The summed E-state index contributed by atoms with van der Waals surface area (Å²) in [5, 5.41) is 5.67. The van der Waals surface area contributed by atoms with Crippen LogP contribution in [0.2, 0.25) is 5.02 Å². The molecule has 3 rings (SSSR count). The molecule has 0 unspecified atom stereocenters. The van der Waals surface area contributed by atoms with Gasteiger partial charge < -0.3 is 5.32 Å². The first kappa shape index (κ1) is 22.9. The highest BCUT2D eigenvalue weighted by molar-refractivity contribution is 7.80. The number of rotatable bonds is 4. The van der Waals surface area contributed by atoms with Gasteiger partial charge >= 0.3 is 0 Å². The van der Waals surface area contributed by atoms with Gasteiger partial charge in [0.15, 0.2) is 5.11 Å². The van der Waals surface area contributed by atoms with Crippen molar-refractivity contribution in [1.82, 2.24) is 16.2 Å². The van der Waals surface area contributed by atoms with E-state index in [0.29, 0.717) is 27.4 Å². The van der Waals surface area contributed by atoms with E-state index < -0.39 is 11.8 Å². The third-order valence-corrected chi connectivity index (χ3v) is 4.76. The van der Waals surface area contributed by atoms with E-state index in [1.165, 1.54) is 0 Å². The number of benzene rings is 3. The van der Waals surface area contributed by atoms with Crippen LogP contribution < -0.4 is 21.5 Å². The number of aryl methyl sites for hydroxylation is 1. The van der Waals surface area contributed by atoms with Crippen LogP contribution in [-0.4, -0.2) is 22.8 Å². The summed E-state index contributed by atoms with van der Waals surface area (Å²) >= 11 is 10.8. The Bertz CT molecular complexity index is 1160. The van der Waals surface area contributed by atoms with Crippen molar-refractivity contribution in [2.24, 2.45) is 0 Å². The number of hydrogen-bond acceptors (Lipinski definition) is 4. The Kier molecular flexibility index (Phi) is 7.54. The first-order chi connectivity index (χ1) is 15.3. The van der Waals surface area contributed by atoms with E-state index in [2.05, 4.69) is 21.5 Å². The fourth-order valence-corrected chi connectivity index (χ4v) is 2.96. The molecule has 9 heteroatoms. The third-order valence-electron chi connectivity index (χ3n) is 4.31. The van der Waals surface area contributed by atoms with Gasteiger partial charge in [-0.15, -0.1) is 0 Å². The first-order valence-electron chi connectivity index (χ1n) is 9.47. The van der Waals surface area contributed by atoms with Crippen LogP contribution in [0.5, 0.6) is 0 Å². The second-order valence-corrected chi connectivity index (χ2v) is 7.61. The number of amides is 3. The molecule has 0 fully saturated rings. The lowest BCUT2D eigenvalue weighted by Crippen LogP contribution is -2.48. The number of anilines is 1. The number of thiocarbonyl (C=S) groups is 1. The summed E-state index contributed by atoms with van der Waals surface area (Å²) in [5.41, 5.74) is 7.65. The molecular weight excluding hydrogens is 448 g/mol. The molecule has 0 saturated carbocycles. The molecule has 32 heavy (non-hydrogen) atoms. The second-order valence-electron chi connectivity index (χ2n) is 6.77. The maximum Gasteiger partial charge on any atom is 0.269 e. The summed E-state index contributed by atoms with van der Waals surface area (Å²) in [6.07, 6.45) is 0. The normalized spacial score (nSPS) is 10.1. The highest BCUT2D eigenvalue weighted by Crippen LogP contribution is 2.12. The largest absolute Gasteiger partial charge is 0.322 e. The fourth-order valence-electron chi connectivity index (χ4n) is 2.69. The van der Waals surface area contributed by atoms with Crippen molar-refractivity contribution in [3.05, 3.63) is 100 Å². The Hall–Kier alpha value is -3.75. The molecule has 3 aromatic carbocycles. The molecule has 3 aromatic rings. The minimum atomic E-state index is -0.468. The van der Waals surface area contributed by atoms with E-state index >= 15 is 0 Å². The van der Waals surface area contributed by atoms with Crippen LogP contribution in [0.15, 0.2) is 72.8 Å². The van der Waals surface area contributed by atoms with Crippen LogP contribution in [0.3, 0.4) is 0 Å². The molecule has 0 radical (unpaired) electrons. The smallest absolute Gasteiger partial charge is 0.269 e. The van der Waals surface area contributed by atoms with E-state index in [4.69, 9.17) is 23.8 Å². The van der Waals surface area contributed by atoms with Crippen LogP contribution in [0, 0.1) is 6.92 Å². The van der Waals surface area contributed by atoms with Crippen molar-refractivity contribution >= 4 is 52.3 Å². The molecule has 0 heterocycles. The maximum atomic E-state index is 12.3. The molecule has 0 aliphatic carbocycles. The van der Waals surface area contributed by atoms with Crippen LogP contribution in [0.4, 0.5) is 5.69 Å². The Labute approximate surface area is 195 Å². The molecule has 0 spiro atoms. The average Bonchev–Trinajstić information content (AvgIpc) is 2.78. The Morgan fingerprint density at radius 2 is 1.38 bits per heavy atom. The van der Waals surface area contributed by atoms with Gasteiger partial charge in [-0.25, -0.2) is 0 Å². The quantitative estimate of drug-likeness (QED) is 0.346. The van der Waals surface area contributed by atoms with Gasteiger partial charge in [0.25, 0.3) is 17.7 Å². The van der Waals surface area contributed by atoms with E-state index in [0.717, 1.165) is 5.56 Å². The molecule has 0 aromatic heterocycles. The van der Waals surface area contributed by atoms with Gasteiger partial charge in [0, 0.05) is 27.4 Å². The molecule has 0 saturated heterocycles. The number of halogens is 1. The molecule has 162 valence electrons. The lowest BCUT2D eigenvalue weighted by molar-refractivity contribution is 0.0934. The van der Waals surface area contributed by atoms with Crippen LogP contribution in [-0.2, 0) is 0 Å². The standard InChI is InChI=1S/C23H19ClN4O3S/c1-14-3-2-4-17(13-14)21(30)25-19-11-7-16(8-12-19)22(31)27-28-23(32)26-20(29)15-5-9-18(24)10-6-15/h2-13H,1H3,(H,25,30)(H,27,31)(H2,26,28,29,32). The zero-order valence-corrected chi connectivity index (χ0v) is 18.5. The number of nitrogens with one attached hydrogen (secondary N) is 4. The number of carbonyl (C=O) groups excluding carboxylic acids is 3. The zero-order valence-electron chi connectivity index (χ0n) is 16.9. The van der Waals surface area contributed by atoms with E-state index in [9.17, 15) is 14.4 Å². The van der Waals surface area contributed by atoms with E-state index in [1.54, 1.807) is 60.7 Å². The van der Waals surface area contributed by atoms with Gasteiger partial charge in [0.1, 0.15) is 0 Å². The molecular formula is C23H19ClN4O3S. The SMILES string of the molecule is Cc1cccc(C(=O)Nc2ccc(C(=O)NNC(=S)NC(=O)c3ccc(Cl)cc3)cc2)c1. The predicted octanol–water partition coefficient (Wildman–Crippen LogP) is 3.85. The van der Waals surface area contributed by atoms with Crippen molar-refractivity contribution in [3.63, 3.8) is 0 Å². The zero-order chi connectivity index (χ0) is 23.1. The van der Waals surface area contributed by atoms with Gasteiger partial charge in [-0.3, -0.25) is 30.6 Å². The van der Waals surface area contributed by atoms with Gasteiger partial charge in [0.05, 0.1) is 0 Å². The van der Waals surface area contributed by atoms with Gasteiger partial charge in [-0.1, -0.05) is 29.3 Å². The Balaban J connectivity index is 1.50. The highest BCUT2D eigenvalue weighted by atomic mass is 35.5. The van der Waals surface area contributed by atoms with Crippen LogP contribution >= 0.6 is 23.8 Å². The van der Waals surface area contributed by atoms with Crippen LogP contribution in [0.1, 0.15) is 36.6 Å².